The van der Waals surface area contributed by atoms with Crippen molar-refractivity contribution in [2.24, 2.45) is 5.41 Å². The molecule has 0 bridgehead atoms. The van der Waals surface area contributed by atoms with E-state index in [-0.39, 0.29) is 0 Å². The number of anilines is 1. The first-order valence-corrected chi connectivity index (χ1v) is 5.38. The van der Waals surface area contributed by atoms with Gasteiger partial charge in [-0.1, -0.05) is 12.1 Å². The molecule has 0 unspecified atom stereocenters. The van der Waals surface area contributed by atoms with Gasteiger partial charge < -0.3 is 10.4 Å². The average molecular weight is 221 g/mol. The molecule has 0 heterocycles. The van der Waals surface area contributed by atoms with E-state index < -0.39 is 11.4 Å². The summed E-state index contributed by atoms with van der Waals surface area (Å²) in [4.78, 5) is 11.0. The quantitative estimate of drug-likeness (QED) is 0.822. The van der Waals surface area contributed by atoms with E-state index in [1.165, 1.54) is 11.1 Å². The number of carbonyl (C=O) groups is 1. The van der Waals surface area contributed by atoms with Crippen LogP contribution in [-0.4, -0.2) is 17.6 Å². The molecule has 0 radical (unpaired) electrons. The third kappa shape index (κ3) is 2.75. The van der Waals surface area contributed by atoms with Gasteiger partial charge in [0.05, 0.1) is 5.41 Å². The van der Waals surface area contributed by atoms with Gasteiger partial charge in [0, 0.05) is 12.2 Å². The molecule has 1 rings (SSSR count). The largest absolute Gasteiger partial charge is 0.481 e. The molecule has 88 valence electrons. The minimum absolute atomic E-state index is 0.423. The summed E-state index contributed by atoms with van der Waals surface area (Å²) in [5, 5.41) is 12.2. The van der Waals surface area contributed by atoms with Crippen LogP contribution in [0.3, 0.4) is 0 Å². The molecule has 2 N–H and O–H groups in total. The van der Waals surface area contributed by atoms with Gasteiger partial charge in [-0.15, -0.1) is 0 Å². The number of rotatable bonds is 4. The molecular weight excluding hydrogens is 202 g/mol. The second-order valence-electron chi connectivity index (χ2n) is 4.79. The Labute approximate surface area is 96.5 Å². The number of aliphatic carboxylic acids is 1. The Kier molecular flexibility index (Phi) is 3.58. The van der Waals surface area contributed by atoms with Crippen molar-refractivity contribution in [3.8, 4) is 0 Å². The molecule has 0 saturated carbocycles. The van der Waals surface area contributed by atoms with Crippen molar-refractivity contribution in [2.75, 3.05) is 11.9 Å². The Morgan fingerprint density at radius 3 is 2.56 bits per heavy atom. The summed E-state index contributed by atoms with van der Waals surface area (Å²) in [6.45, 7) is 7.93. The van der Waals surface area contributed by atoms with Crippen LogP contribution in [0.1, 0.15) is 25.0 Å². The maximum absolute atomic E-state index is 11.0. The summed E-state index contributed by atoms with van der Waals surface area (Å²) in [6, 6.07) is 5.99. The lowest BCUT2D eigenvalue weighted by Crippen LogP contribution is -2.31. The molecule has 3 nitrogen and oxygen atoms in total. The van der Waals surface area contributed by atoms with Gasteiger partial charge in [0.1, 0.15) is 0 Å². The lowest BCUT2D eigenvalue weighted by molar-refractivity contribution is -0.146. The van der Waals surface area contributed by atoms with Crippen LogP contribution in [0.5, 0.6) is 0 Å². The van der Waals surface area contributed by atoms with Gasteiger partial charge in [-0.05, 0) is 44.9 Å². The van der Waals surface area contributed by atoms with E-state index in [2.05, 4.69) is 5.32 Å². The first-order chi connectivity index (χ1) is 7.34. The fourth-order valence-corrected chi connectivity index (χ4v) is 1.33. The number of hydrogen-bond donors (Lipinski definition) is 2. The van der Waals surface area contributed by atoms with E-state index in [9.17, 15) is 4.79 Å². The summed E-state index contributed by atoms with van der Waals surface area (Å²) in [7, 11) is 0. The Bertz CT molecular complexity index is 397. The average Bonchev–Trinajstić information content (AvgIpc) is 2.20. The molecule has 0 saturated heterocycles. The van der Waals surface area contributed by atoms with Gasteiger partial charge >= 0.3 is 5.97 Å². The van der Waals surface area contributed by atoms with Crippen molar-refractivity contribution in [2.45, 2.75) is 27.7 Å². The normalized spacial score (nSPS) is 11.2. The van der Waals surface area contributed by atoms with Crippen LogP contribution in [0, 0.1) is 19.3 Å². The number of aryl methyl sites for hydroxylation is 1. The SMILES string of the molecule is Cc1cccc(NCC(C)(C)C(=O)O)c1C. The lowest BCUT2D eigenvalue weighted by atomic mass is 9.93. The van der Waals surface area contributed by atoms with Crippen molar-refractivity contribution in [3.05, 3.63) is 29.3 Å². The highest BCUT2D eigenvalue weighted by atomic mass is 16.4. The lowest BCUT2D eigenvalue weighted by Gasteiger charge is -2.21. The predicted octanol–water partition coefficient (Wildman–Crippen LogP) is 2.83. The molecule has 3 heteroatoms. The summed E-state index contributed by atoms with van der Waals surface area (Å²) in [5.74, 6) is -0.787. The van der Waals surface area contributed by atoms with Gasteiger partial charge in [-0.25, -0.2) is 0 Å². The van der Waals surface area contributed by atoms with Gasteiger partial charge in [-0.2, -0.15) is 0 Å². The zero-order valence-corrected chi connectivity index (χ0v) is 10.3. The summed E-state index contributed by atoms with van der Waals surface area (Å²) in [6.07, 6.45) is 0. The molecule has 16 heavy (non-hydrogen) atoms. The molecule has 0 spiro atoms. The zero-order chi connectivity index (χ0) is 12.3. The smallest absolute Gasteiger partial charge is 0.310 e. The minimum Gasteiger partial charge on any atom is -0.481 e. The molecular formula is C13H19NO2. The fourth-order valence-electron chi connectivity index (χ4n) is 1.33. The van der Waals surface area contributed by atoms with E-state index in [0.717, 1.165) is 5.69 Å². The second kappa shape index (κ2) is 4.56. The Hall–Kier alpha value is -1.51. The number of carboxylic acids is 1. The molecule has 0 aliphatic rings. The molecule has 0 aliphatic carbocycles. The highest BCUT2D eigenvalue weighted by molar-refractivity contribution is 5.74. The molecule has 0 aromatic heterocycles. The van der Waals surface area contributed by atoms with Crippen molar-refractivity contribution in [1.82, 2.24) is 0 Å². The number of nitrogens with one attached hydrogen (secondary N) is 1. The monoisotopic (exact) mass is 221 g/mol. The van der Waals surface area contributed by atoms with Crippen molar-refractivity contribution >= 4 is 11.7 Å². The molecule has 1 aromatic carbocycles. The van der Waals surface area contributed by atoms with Gasteiger partial charge in [0.25, 0.3) is 0 Å². The highest BCUT2D eigenvalue weighted by Gasteiger charge is 2.26. The highest BCUT2D eigenvalue weighted by Crippen LogP contribution is 2.21. The summed E-state index contributed by atoms with van der Waals surface area (Å²) >= 11 is 0. The zero-order valence-electron chi connectivity index (χ0n) is 10.3. The van der Waals surface area contributed by atoms with Crippen LogP contribution in [0.2, 0.25) is 0 Å². The molecule has 0 amide bonds. The Morgan fingerprint density at radius 1 is 1.38 bits per heavy atom. The van der Waals surface area contributed by atoms with Crippen LogP contribution < -0.4 is 5.32 Å². The van der Waals surface area contributed by atoms with E-state index in [4.69, 9.17) is 5.11 Å². The van der Waals surface area contributed by atoms with Crippen LogP contribution in [0.4, 0.5) is 5.69 Å². The standard InChI is InChI=1S/C13H19NO2/c1-9-6-5-7-11(10(9)2)14-8-13(3,4)12(15)16/h5-7,14H,8H2,1-4H3,(H,15,16). The van der Waals surface area contributed by atoms with Gasteiger partial charge in [0.15, 0.2) is 0 Å². The van der Waals surface area contributed by atoms with Crippen LogP contribution in [0.25, 0.3) is 0 Å². The second-order valence-corrected chi connectivity index (χ2v) is 4.79. The number of hydrogen-bond acceptors (Lipinski definition) is 2. The first kappa shape index (κ1) is 12.6. The third-order valence-electron chi connectivity index (χ3n) is 2.90. The summed E-state index contributed by atoms with van der Waals surface area (Å²) in [5.41, 5.74) is 2.63. The molecule has 0 atom stereocenters. The van der Waals surface area contributed by atoms with Crippen LogP contribution in [-0.2, 0) is 4.79 Å². The van der Waals surface area contributed by atoms with E-state index in [1.54, 1.807) is 13.8 Å². The maximum Gasteiger partial charge on any atom is 0.310 e. The topological polar surface area (TPSA) is 49.3 Å². The fraction of sp³-hybridized carbons (Fsp3) is 0.462. The molecule has 0 fully saturated rings. The van der Waals surface area contributed by atoms with Gasteiger partial charge in [0.2, 0.25) is 0 Å². The minimum atomic E-state index is -0.787. The van der Waals surface area contributed by atoms with Crippen LogP contribution in [0.15, 0.2) is 18.2 Å². The third-order valence-corrected chi connectivity index (χ3v) is 2.90. The molecule has 0 aliphatic heterocycles. The van der Waals surface area contributed by atoms with E-state index in [0.29, 0.717) is 6.54 Å². The number of benzene rings is 1. The van der Waals surface area contributed by atoms with E-state index in [1.807, 2.05) is 32.0 Å². The maximum atomic E-state index is 11.0. The summed E-state index contributed by atoms with van der Waals surface area (Å²) < 4.78 is 0. The van der Waals surface area contributed by atoms with Crippen molar-refractivity contribution < 1.29 is 9.90 Å². The predicted molar refractivity (Wildman–Crippen MR) is 65.8 cm³/mol. The van der Waals surface area contributed by atoms with Crippen LogP contribution >= 0.6 is 0 Å². The van der Waals surface area contributed by atoms with Gasteiger partial charge in [-0.3, -0.25) is 4.79 Å². The van der Waals surface area contributed by atoms with Crippen molar-refractivity contribution in [1.29, 1.82) is 0 Å². The van der Waals surface area contributed by atoms with Crippen molar-refractivity contribution in [3.63, 3.8) is 0 Å². The Balaban J connectivity index is 2.76. The number of carboxylic acid groups (broad SMARTS) is 1. The molecule has 1 aromatic rings. The van der Waals surface area contributed by atoms with E-state index >= 15 is 0 Å². The Morgan fingerprint density at radius 2 is 2.00 bits per heavy atom. The first-order valence-electron chi connectivity index (χ1n) is 5.38.